The highest BCUT2D eigenvalue weighted by molar-refractivity contribution is 5.84. The van der Waals surface area contributed by atoms with Crippen LogP contribution < -0.4 is 0 Å². The molecule has 6 nitrogen and oxygen atoms in total. The summed E-state index contributed by atoms with van der Waals surface area (Å²) in [4.78, 5) is 23.1. The van der Waals surface area contributed by atoms with Gasteiger partial charge in [-0.1, -0.05) is 0 Å². The van der Waals surface area contributed by atoms with Crippen LogP contribution >= 0.6 is 0 Å². The second kappa shape index (κ2) is 2.95. The largest absolute Gasteiger partial charge is 0.505 e. The Kier molecular flexibility index (Phi) is 2.00. The summed E-state index contributed by atoms with van der Waals surface area (Å²) in [5, 5.41) is 19.2. The van der Waals surface area contributed by atoms with Crippen LogP contribution in [0.4, 0.5) is 5.69 Å². The maximum atomic E-state index is 10.3. The van der Waals surface area contributed by atoms with Gasteiger partial charge in [-0.3, -0.25) is 19.9 Å². The van der Waals surface area contributed by atoms with Crippen LogP contribution in [0.5, 0.6) is 5.75 Å². The zero-order valence-electron chi connectivity index (χ0n) is 5.80. The molecule has 0 spiro atoms. The van der Waals surface area contributed by atoms with E-state index in [1.807, 2.05) is 0 Å². The van der Waals surface area contributed by atoms with Crippen LogP contribution in [0.2, 0.25) is 0 Å². The molecule has 0 amide bonds. The van der Waals surface area contributed by atoms with Crippen LogP contribution in [0.3, 0.4) is 0 Å². The van der Waals surface area contributed by atoms with Gasteiger partial charge in [0.15, 0.2) is 12.0 Å². The van der Waals surface area contributed by atoms with Crippen LogP contribution in [-0.4, -0.2) is 21.3 Å². The summed E-state index contributed by atoms with van der Waals surface area (Å²) in [5.74, 6) is -0.487. The van der Waals surface area contributed by atoms with Crippen LogP contribution in [-0.2, 0) is 0 Å². The van der Waals surface area contributed by atoms with Gasteiger partial charge in [0.05, 0.1) is 11.1 Å². The normalized spacial score (nSPS) is 9.33. The number of aromatic nitrogens is 1. The van der Waals surface area contributed by atoms with E-state index in [9.17, 15) is 14.9 Å². The van der Waals surface area contributed by atoms with Gasteiger partial charge in [0.1, 0.15) is 11.8 Å². The molecule has 0 saturated carbocycles. The second-order valence-electron chi connectivity index (χ2n) is 1.97. The van der Waals surface area contributed by atoms with Crippen molar-refractivity contribution in [1.82, 2.24) is 4.98 Å². The van der Waals surface area contributed by atoms with E-state index >= 15 is 0 Å². The van der Waals surface area contributed by atoms with E-state index in [1.54, 1.807) is 0 Å². The first-order chi connectivity index (χ1) is 5.66. The smallest absolute Gasteiger partial charge is 0.301 e. The molecule has 6 heteroatoms. The van der Waals surface area contributed by atoms with Crippen molar-refractivity contribution in [2.24, 2.45) is 0 Å². The summed E-state index contributed by atoms with van der Waals surface area (Å²) in [6.45, 7) is 0. The molecule has 0 unspecified atom stereocenters. The molecule has 62 valence electrons. The predicted molar refractivity (Wildman–Crippen MR) is 37.9 cm³/mol. The molecule has 0 aromatic carbocycles. The lowest BCUT2D eigenvalue weighted by Crippen LogP contribution is -1.95. The summed E-state index contributed by atoms with van der Waals surface area (Å²) in [7, 11) is 0. The molecule has 0 radical (unpaired) electrons. The minimum atomic E-state index is -0.781. The van der Waals surface area contributed by atoms with Crippen molar-refractivity contribution in [2.75, 3.05) is 0 Å². The van der Waals surface area contributed by atoms with Crippen LogP contribution in [0, 0.1) is 10.1 Å². The second-order valence-corrected chi connectivity index (χ2v) is 1.97. The van der Waals surface area contributed by atoms with E-state index in [4.69, 9.17) is 5.11 Å². The third-order valence-corrected chi connectivity index (χ3v) is 1.26. The SMILES string of the molecule is O=Cc1c(O)cncc1[N+](=O)[O-]. The maximum Gasteiger partial charge on any atom is 0.301 e. The van der Waals surface area contributed by atoms with Gasteiger partial charge in [-0.2, -0.15) is 0 Å². The molecule has 0 aliphatic carbocycles. The number of aromatic hydroxyl groups is 1. The molecule has 12 heavy (non-hydrogen) atoms. The molecule has 1 heterocycles. The molecule has 1 N–H and O–H groups in total. The molecule has 0 bridgehead atoms. The number of pyridine rings is 1. The molecule has 0 atom stereocenters. The summed E-state index contributed by atoms with van der Waals surface area (Å²) in [6.07, 6.45) is 2.09. The van der Waals surface area contributed by atoms with Gasteiger partial charge in [-0.15, -0.1) is 0 Å². The first kappa shape index (κ1) is 8.12. The fraction of sp³-hybridized carbons (Fsp3) is 0. The molecule has 0 aliphatic rings. The number of rotatable bonds is 2. The van der Waals surface area contributed by atoms with Crippen molar-refractivity contribution in [1.29, 1.82) is 0 Å². The van der Waals surface area contributed by atoms with Crippen LogP contribution in [0.1, 0.15) is 10.4 Å². The van der Waals surface area contributed by atoms with Crippen LogP contribution in [0.25, 0.3) is 0 Å². The number of carbonyl (C=O) groups excluding carboxylic acids is 1. The maximum absolute atomic E-state index is 10.3. The molecular formula is C6H4N2O4. The van der Waals surface area contributed by atoms with Crippen molar-refractivity contribution in [3.05, 3.63) is 28.1 Å². The fourth-order valence-electron chi connectivity index (χ4n) is 0.715. The number of nitro groups is 1. The Labute approximate surface area is 66.6 Å². The molecule has 1 aromatic rings. The number of hydrogen-bond acceptors (Lipinski definition) is 5. The van der Waals surface area contributed by atoms with Crippen molar-refractivity contribution >= 4 is 12.0 Å². The number of hydrogen-bond donors (Lipinski definition) is 1. The van der Waals surface area contributed by atoms with Crippen molar-refractivity contribution in [2.45, 2.75) is 0 Å². The summed E-state index contributed by atoms with van der Waals surface area (Å²) in [6, 6.07) is 0. The molecular weight excluding hydrogens is 164 g/mol. The minimum Gasteiger partial charge on any atom is -0.505 e. The Morgan fingerprint density at radius 1 is 1.58 bits per heavy atom. The average Bonchev–Trinajstić information content (AvgIpc) is 2.03. The van der Waals surface area contributed by atoms with E-state index < -0.39 is 16.4 Å². The lowest BCUT2D eigenvalue weighted by Gasteiger charge is -1.95. The standard InChI is InChI=1S/C6H4N2O4/c9-3-4-5(8(11)12)1-7-2-6(4)10/h1-3,10H. The van der Waals surface area contributed by atoms with E-state index in [0.717, 1.165) is 12.4 Å². The Hall–Kier alpha value is -1.98. The highest BCUT2D eigenvalue weighted by atomic mass is 16.6. The van der Waals surface area contributed by atoms with Crippen LogP contribution in [0.15, 0.2) is 12.4 Å². The van der Waals surface area contributed by atoms with Crippen molar-refractivity contribution < 1.29 is 14.8 Å². The zero-order valence-corrected chi connectivity index (χ0v) is 5.80. The zero-order chi connectivity index (χ0) is 9.14. The van der Waals surface area contributed by atoms with Gasteiger partial charge in [0, 0.05) is 0 Å². The van der Waals surface area contributed by atoms with Gasteiger partial charge in [0.2, 0.25) is 0 Å². The molecule has 1 aromatic heterocycles. The molecule has 0 saturated heterocycles. The monoisotopic (exact) mass is 168 g/mol. The fourth-order valence-corrected chi connectivity index (χ4v) is 0.715. The summed E-state index contributed by atoms with van der Waals surface area (Å²) >= 11 is 0. The predicted octanol–water partition coefficient (Wildman–Crippen LogP) is 0.508. The minimum absolute atomic E-state index is 0.217. The van der Waals surface area contributed by atoms with Gasteiger partial charge >= 0.3 is 5.69 Å². The average molecular weight is 168 g/mol. The number of carbonyl (C=O) groups is 1. The third kappa shape index (κ3) is 1.22. The summed E-state index contributed by atoms with van der Waals surface area (Å²) < 4.78 is 0. The summed E-state index contributed by atoms with van der Waals surface area (Å²) in [5.41, 5.74) is -0.847. The quantitative estimate of drug-likeness (QED) is 0.394. The highest BCUT2D eigenvalue weighted by Crippen LogP contribution is 2.22. The Morgan fingerprint density at radius 3 is 2.67 bits per heavy atom. The van der Waals surface area contributed by atoms with E-state index in [1.165, 1.54) is 0 Å². The third-order valence-electron chi connectivity index (χ3n) is 1.26. The van der Waals surface area contributed by atoms with E-state index in [2.05, 4.69) is 4.98 Å². The topological polar surface area (TPSA) is 93.3 Å². The highest BCUT2D eigenvalue weighted by Gasteiger charge is 2.16. The Balaban J connectivity index is 3.37. The number of nitrogens with zero attached hydrogens (tertiary/aromatic N) is 2. The first-order valence-electron chi connectivity index (χ1n) is 2.93. The van der Waals surface area contributed by atoms with Gasteiger partial charge in [-0.05, 0) is 0 Å². The van der Waals surface area contributed by atoms with Crippen molar-refractivity contribution in [3.63, 3.8) is 0 Å². The lowest BCUT2D eigenvalue weighted by atomic mass is 10.2. The van der Waals surface area contributed by atoms with E-state index in [-0.39, 0.29) is 11.8 Å². The Morgan fingerprint density at radius 2 is 2.25 bits per heavy atom. The van der Waals surface area contributed by atoms with Gasteiger partial charge < -0.3 is 5.11 Å². The van der Waals surface area contributed by atoms with Gasteiger partial charge in [-0.25, -0.2) is 0 Å². The number of aldehydes is 1. The first-order valence-corrected chi connectivity index (χ1v) is 2.93. The van der Waals surface area contributed by atoms with Crippen molar-refractivity contribution in [3.8, 4) is 5.75 Å². The molecule has 1 rings (SSSR count). The lowest BCUT2D eigenvalue weighted by molar-refractivity contribution is -0.385. The van der Waals surface area contributed by atoms with E-state index in [0.29, 0.717) is 0 Å². The van der Waals surface area contributed by atoms with Gasteiger partial charge in [0.25, 0.3) is 0 Å². The molecule has 0 fully saturated rings. The Bertz CT molecular complexity index is 336. The molecule has 0 aliphatic heterocycles.